The van der Waals surface area contributed by atoms with Gasteiger partial charge in [-0.15, -0.1) is 0 Å². The third-order valence-corrected chi connectivity index (χ3v) is 4.34. The average molecular weight is 282 g/mol. The van der Waals surface area contributed by atoms with Crippen LogP contribution in [0, 0.1) is 6.92 Å². The molecule has 110 valence electrons. The lowest BCUT2D eigenvalue weighted by molar-refractivity contribution is 0.702. The molecule has 21 heavy (non-hydrogen) atoms. The summed E-state index contributed by atoms with van der Waals surface area (Å²) in [6, 6.07) is 10.2. The quantitative estimate of drug-likeness (QED) is 0.861. The highest BCUT2D eigenvalue weighted by molar-refractivity contribution is 5.41. The third kappa shape index (κ3) is 2.66. The Morgan fingerprint density at radius 3 is 2.52 bits per heavy atom. The molecule has 1 aromatic heterocycles. The van der Waals surface area contributed by atoms with Crippen molar-refractivity contribution in [3.63, 3.8) is 0 Å². The molecular formula is C18H22N2O. The minimum Gasteiger partial charge on any atom is -0.326 e. The zero-order valence-corrected chi connectivity index (χ0v) is 12.6. The van der Waals surface area contributed by atoms with Gasteiger partial charge in [-0.3, -0.25) is 9.36 Å². The van der Waals surface area contributed by atoms with Crippen molar-refractivity contribution in [3.05, 3.63) is 63.1 Å². The number of fused-ring (bicyclic) bond motifs is 1. The molecule has 1 heterocycles. The van der Waals surface area contributed by atoms with Gasteiger partial charge in [-0.25, -0.2) is 0 Å². The Morgan fingerprint density at radius 2 is 1.81 bits per heavy atom. The van der Waals surface area contributed by atoms with Crippen molar-refractivity contribution in [2.45, 2.75) is 45.6 Å². The Labute approximate surface area is 125 Å². The first-order valence-corrected chi connectivity index (χ1v) is 7.74. The summed E-state index contributed by atoms with van der Waals surface area (Å²) in [4.78, 5) is 12.8. The lowest BCUT2D eigenvalue weighted by Gasteiger charge is -2.17. The second kappa shape index (κ2) is 5.86. The van der Waals surface area contributed by atoms with E-state index in [1.54, 1.807) is 0 Å². The maximum atomic E-state index is 12.8. The van der Waals surface area contributed by atoms with E-state index in [2.05, 4.69) is 19.1 Å². The van der Waals surface area contributed by atoms with Gasteiger partial charge in [0.05, 0.1) is 0 Å². The predicted molar refractivity (Wildman–Crippen MR) is 85.9 cm³/mol. The lowest BCUT2D eigenvalue weighted by Crippen LogP contribution is -2.28. The van der Waals surface area contributed by atoms with Crippen molar-refractivity contribution in [2.24, 2.45) is 5.73 Å². The first kappa shape index (κ1) is 14.1. The first-order chi connectivity index (χ1) is 10.2. The molecule has 3 heteroatoms. The molecule has 0 bridgehead atoms. The van der Waals surface area contributed by atoms with Crippen LogP contribution in [0.1, 0.15) is 41.6 Å². The number of hydrogen-bond donors (Lipinski definition) is 1. The van der Waals surface area contributed by atoms with Gasteiger partial charge in [0, 0.05) is 23.5 Å². The molecule has 1 aliphatic carbocycles. The van der Waals surface area contributed by atoms with E-state index >= 15 is 0 Å². The van der Waals surface area contributed by atoms with Crippen LogP contribution in [-0.4, -0.2) is 4.57 Å². The summed E-state index contributed by atoms with van der Waals surface area (Å²) in [6.45, 7) is 2.36. The summed E-state index contributed by atoms with van der Waals surface area (Å²) < 4.78 is 1.89. The maximum Gasteiger partial charge on any atom is 0.259 e. The molecular weight excluding hydrogens is 260 g/mol. The number of rotatable bonds is 2. The number of nitrogens with zero attached hydrogens (tertiary/aromatic N) is 1. The minimum atomic E-state index is 0.0435. The Balaban J connectivity index is 2.26. The second-order valence-corrected chi connectivity index (χ2v) is 5.88. The molecule has 0 saturated heterocycles. The summed E-state index contributed by atoms with van der Waals surface area (Å²) in [5.41, 5.74) is 11.2. The summed E-state index contributed by atoms with van der Waals surface area (Å²) >= 11 is 0. The van der Waals surface area contributed by atoms with Gasteiger partial charge in [-0.2, -0.15) is 0 Å². The Kier molecular flexibility index (Phi) is 3.93. The van der Waals surface area contributed by atoms with Crippen LogP contribution in [0.2, 0.25) is 0 Å². The zero-order chi connectivity index (χ0) is 14.8. The van der Waals surface area contributed by atoms with Crippen LogP contribution in [-0.2, 0) is 19.4 Å². The van der Waals surface area contributed by atoms with E-state index in [1.807, 2.05) is 22.8 Å². The molecule has 0 fully saturated rings. The summed E-state index contributed by atoms with van der Waals surface area (Å²) in [7, 11) is 0. The molecule has 0 aliphatic heterocycles. The summed E-state index contributed by atoms with van der Waals surface area (Å²) in [5, 5.41) is 0. The molecule has 0 radical (unpaired) electrons. The highest BCUT2D eigenvalue weighted by atomic mass is 16.1. The van der Waals surface area contributed by atoms with E-state index in [0.717, 1.165) is 30.5 Å². The number of benzene rings is 1. The van der Waals surface area contributed by atoms with Crippen molar-refractivity contribution >= 4 is 0 Å². The van der Waals surface area contributed by atoms with E-state index in [9.17, 15) is 4.79 Å². The van der Waals surface area contributed by atoms with E-state index in [0.29, 0.717) is 6.54 Å². The molecule has 0 unspecified atom stereocenters. The van der Waals surface area contributed by atoms with Crippen molar-refractivity contribution in [1.29, 1.82) is 0 Å². The monoisotopic (exact) mass is 282 g/mol. The first-order valence-electron chi connectivity index (χ1n) is 7.74. The zero-order valence-electron chi connectivity index (χ0n) is 12.6. The van der Waals surface area contributed by atoms with Crippen molar-refractivity contribution in [1.82, 2.24) is 4.57 Å². The van der Waals surface area contributed by atoms with Gasteiger partial charge < -0.3 is 5.73 Å². The topological polar surface area (TPSA) is 48.0 Å². The van der Waals surface area contributed by atoms with Gasteiger partial charge in [0.2, 0.25) is 0 Å². The fourth-order valence-corrected chi connectivity index (χ4v) is 3.15. The molecule has 1 aliphatic rings. The SMILES string of the molecule is Cc1ccc(-n2c3c(cc(CN)c2=O)CCCCC3)cc1. The average Bonchev–Trinajstić information content (AvgIpc) is 2.73. The van der Waals surface area contributed by atoms with Crippen molar-refractivity contribution in [3.8, 4) is 5.69 Å². The lowest BCUT2D eigenvalue weighted by atomic mass is 10.0. The molecule has 2 aromatic rings. The van der Waals surface area contributed by atoms with Crippen LogP contribution in [0.15, 0.2) is 35.1 Å². The van der Waals surface area contributed by atoms with Crippen LogP contribution in [0.3, 0.4) is 0 Å². The van der Waals surface area contributed by atoms with Crippen LogP contribution in [0.5, 0.6) is 0 Å². The Hall–Kier alpha value is -1.87. The second-order valence-electron chi connectivity index (χ2n) is 5.88. The molecule has 0 amide bonds. The number of hydrogen-bond acceptors (Lipinski definition) is 2. The fraction of sp³-hybridized carbons (Fsp3) is 0.389. The largest absolute Gasteiger partial charge is 0.326 e. The van der Waals surface area contributed by atoms with Crippen molar-refractivity contribution in [2.75, 3.05) is 0 Å². The number of nitrogens with two attached hydrogens (primary N) is 1. The summed E-state index contributed by atoms with van der Waals surface area (Å²) in [5.74, 6) is 0. The third-order valence-electron chi connectivity index (χ3n) is 4.34. The van der Waals surface area contributed by atoms with E-state index < -0.39 is 0 Å². The fourth-order valence-electron chi connectivity index (χ4n) is 3.15. The molecule has 2 N–H and O–H groups in total. The highest BCUT2D eigenvalue weighted by Crippen LogP contribution is 2.23. The van der Waals surface area contributed by atoms with Gasteiger partial charge in [0.15, 0.2) is 0 Å². The van der Waals surface area contributed by atoms with Gasteiger partial charge in [-0.05, 0) is 56.4 Å². The number of aromatic nitrogens is 1. The van der Waals surface area contributed by atoms with Crippen LogP contribution < -0.4 is 11.3 Å². The smallest absolute Gasteiger partial charge is 0.259 e. The molecule has 0 saturated carbocycles. The molecule has 0 spiro atoms. The van der Waals surface area contributed by atoms with Crippen LogP contribution in [0.4, 0.5) is 0 Å². The van der Waals surface area contributed by atoms with Crippen LogP contribution in [0.25, 0.3) is 5.69 Å². The van der Waals surface area contributed by atoms with E-state index in [4.69, 9.17) is 5.73 Å². The molecule has 3 nitrogen and oxygen atoms in total. The standard InChI is InChI=1S/C18H22N2O/c1-13-7-9-16(10-8-13)20-17-6-4-2-3-5-14(17)11-15(12-19)18(20)21/h7-11H,2-6,12,19H2,1H3. The number of pyridine rings is 1. The molecule has 3 rings (SSSR count). The molecule has 1 aromatic carbocycles. The normalized spacial score (nSPS) is 14.6. The van der Waals surface area contributed by atoms with Gasteiger partial charge in [-0.1, -0.05) is 24.1 Å². The van der Waals surface area contributed by atoms with Crippen molar-refractivity contribution < 1.29 is 0 Å². The Bertz CT molecular complexity index is 698. The Morgan fingerprint density at radius 1 is 1.10 bits per heavy atom. The van der Waals surface area contributed by atoms with Gasteiger partial charge in [0.1, 0.15) is 0 Å². The number of aryl methyl sites for hydroxylation is 2. The highest BCUT2D eigenvalue weighted by Gasteiger charge is 2.17. The minimum absolute atomic E-state index is 0.0435. The molecule has 0 atom stereocenters. The predicted octanol–water partition coefficient (Wildman–Crippen LogP) is 2.87. The summed E-state index contributed by atoms with van der Waals surface area (Å²) in [6.07, 6.45) is 5.61. The van der Waals surface area contributed by atoms with E-state index in [-0.39, 0.29) is 5.56 Å². The van der Waals surface area contributed by atoms with Gasteiger partial charge >= 0.3 is 0 Å². The van der Waals surface area contributed by atoms with Crippen LogP contribution >= 0.6 is 0 Å². The van der Waals surface area contributed by atoms with E-state index in [1.165, 1.54) is 29.7 Å². The maximum absolute atomic E-state index is 12.8. The van der Waals surface area contributed by atoms with Gasteiger partial charge in [0.25, 0.3) is 5.56 Å².